The standard InChI is InChI=1S/C16H28N4O/c1-13(2)10-14-18-15(21-19-14)11-20-9-8-17-12-16(20)6-4-3-5-7-16/h13,17H,3-12H2,1-2H3. The van der Waals surface area contributed by atoms with Gasteiger partial charge in [0.25, 0.3) is 0 Å². The molecule has 21 heavy (non-hydrogen) atoms. The van der Waals surface area contributed by atoms with Crippen LogP contribution in [-0.2, 0) is 13.0 Å². The first-order chi connectivity index (χ1) is 10.2. The third-order valence-electron chi connectivity index (χ3n) is 4.89. The van der Waals surface area contributed by atoms with Gasteiger partial charge in [0.05, 0.1) is 6.54 Å². The van der Waals surface area contributed by atoms with E-state index < -0.39 is 0 Å². The molecule has 0 atom stereocenters. The molecule has 1 aromatic heterocycles. The van der Waals surface area contributed by atoms with Gasteiger partial charge in [-0.1, -0.05) is 38.3 Å². The van der Waals surface area contributed by atoms with E-state index in [4.69, 9.17) is 4.52 Å². The second-order valence-corrected chi connectivity index (χ2v) is 7.09. The Bertz CT molecular complexity index is 443. The van der Waals surface area contributed by atoms with E-state index in [0.29, 0.717) is 11.5 Å². The summed E-state index contributed by atoms with van der Waals surface area (Å²) in [6, 6.07) is 0. The minimum atomic E-state index is 0.323. The predicted octanol–water partition coefficient (Wildman–Crippen LogP) is 2.38. The average molecular weight is 292 g/mol. The van der Waals surface area contributed by atoms with Gasteiger partial charge in [0.2, 0.25) is 5.89 Å². The summed E-state index contributed by atoms with van der Waals surface area (Å²) in [6.07, 6.45) is 7.58. The van der Waals surface area contributed by atoms with Crippen LogP contribution < -0.4 is 5.32 Å². The summed E-state index contributed by atoms with van der Waals surface area (Å²) in [7, 11) is 0. The van der Waals surface area contributed by atoms with Crippen molar-refractivity contribution in [2.75, 3.05) is 19.6 Å². The van der Waals surface area contributed by atoms with Crippen LogP contribution in [0.3, 0.4) is 0 Å². The van der Waals surface area contributed by atoms with E-state index in [9.17, 15) is 0 Å². The zero-order chi connectivity index (χ0) is 14.7. The number of nitrogens with zero attached hydrogens (tertiary/aromatic N) is 3. The third-order valence-corrected chi connectivity index (χ3v) is 4.89. The lowest BCUT2D eigenvalue weighted by Gasteiger charge is -2.49. The molecule has 1 aromatic rings. The predicted molar refractivity (Wildman–Crippen MR) is 81.9 cm³/mol. The summed E-state index contributed by atoms with van der Waals surface area (Å²) < 4.78 is 5.48. The molecule has 0 amide bonds. The van der Waals surface area contributed by atoms with Crippen molar-refractivity contribution in [1.29, 1.82) is 0 Å². The molecule has 0 aromatic carbocycles. The molecular formula is C16H28N4O. The fraction of sp³-hybridized carbons (Fsp3) is 0.875. The summed E-state index contributed by atoms with van der Waals surface area (Å²) in [5, 5.41) is 7.71. The van der Waals surface area contributed by atoms with Gasteiger partial charge in [-0.15, -0.1) is 0 Å². The molecule has 5 heteroatoms. The molecule has 0 bridgehead atoms. The lowest BCUT2D eigenvalue weighted by atomic mass is 9.79. The van der Waals surface area contributed by atoms with E-state index in [1.807, 2.05) is 0 Å². The fourth-order valence-electron chi connectivity index (χ4n) is 3.80. The molecule has 2 aliphatic rings. The molecule has 118 valence electrons. The molecule has 1 spiro atoms. The SMILES string of the molecule is CC(C)Cc1noc(CN2CCNCC23CCCCC3)n1. The number of hydrogen-bond donors (Lipinski definition) is 1. The van der Waals surface area contributed by atoms with E-state index in [2.05, 4.69) is 34.2 Å². The Kier molecular flexibility index (Phi) is 4.60. The molecule has 1 saturated heterocycles. The largest absolute Gasteiger partial charge is 0.338 e. The highest BCUT2D eigenvalue weighted by molar-refractivity contribution is 4.99. The van der Waals surface area contributed by atoms with Crippen LogP contribution in [0.4, 0.5) is 0 Å². The van der Waals surface area contributed by atoms with Crippen molar-refractivity contribution >= 4 is 0 Å². The third kappa shape index (κ3) is 3.46. The van der Waals surface area contributed by atoms with E-state index in [0.717, 1.165) is 44.3 Å². The average Bonchev–Trinajstić information content (AvgIpc) is 2.89. The summed E-state index contributed by atoms with van der Waals surface area (Å²) >= 11 is 0. The van der Waals surface area contributed by atoms with Crippen LogP contribution in [0.1, 0.15) is 57.7 Å². The van der Waals surface area contributed by atoms with E-state index >= 15 is 0 Å². The van der Waals surface area contributed by atoms with Gasteiger partial charge >= 0.3 is 0 Å². The van der Waals surface area contributed by atoms with Crippen molar-refractivity contribution in [3.8, 4) is 0 Å². The number of piperazine rings is 1. The van der Waals surface area contributed by atoms with Crippen LogP contribution in [0.5, 0.6) is 0 Å². The molecule has 0 unspecified atom stereocenters. The molecule has 2 fully saturated rings. The second-order valence-electron chi connectivity index (χ2n) is 7.09. The molecule has 2 heterocycles. The van der Waals surface area contributed by atoms with E-state index in [-0.39, 0.29) is 0 Å². The maximum absolute atomic E-state index is 5.48. The van der Waals surface area contributed by atoms with Crippen LogP contribution >= 0.6 is 0 Å². The minimum absolute atomic E-state index is 0.323. The van der Waals surface area contributed by atoms with E-state index in [1.165, 1.54) is 32.1 Å². The molecule has 5 nitrogen and oxygen atoms in total. The fourth-order valence-corrected chi connectivity index (χ4v) is 3.80. The van der Waals surface area contributed by atoms with Gasteiger partial charge in [0.15, 0.2) is 5.82 Å². The molecular weight excluding hydrogens is 264 g/mol. The summed E-state index contributed by atoms with van der Waals surface area (Å²) in [6.45, 7) is 8.44. The first-order valence-electron chi connectivity index (χ1n) is 8.45. The highest BCUT2D eigenvalue weighted by Crippen LogP contribution is 2.35. The van der Waals surface area contributed by atoms with Crippen molar-refractivity contribution in [2.45, 2.75) is 64.5 Å². The molecule has 3 rings (SSSR count). The summed E-state index contributed by atoms with van der Waals surface area (Å²) in [5.41, 5.74) is 0.323. The Labute approximate surface area is 127 Å². The molecule has 1 N–H and O–H groups in total. The lowest BCUT2D eigenvalue weighted by Crippen LogP contribution is -2.61. The second kappa shape index (κ2) is 6.44. The number of rotatable bonds is 4. The van der Waals surface area contributed by atoms with Crippen molar-refractivity contribution in [3.63, 3.8) is 0 Å². The Morgan fingerprint density at radius 2 is 2.10 bits per heavy atom. The van der Waals surface area contributed by atoms with Crippen LogP contribution in [0, 0.1) is 5.92 Å². The summed E-state index contributed by atoms with van der Waals surface area (Å²) in [4.78, 5) is 7.18. The number of nitrogens with one attached hydrogen (secondary N) is 1. The van der Waals surface area contributed by atoms with Crippen LogP contribution in [0.25, 0.3) is 0 Å². The van der Waals surface area contributed by atoms with Gasteiger partial charge in [-0.25, -0.2) is 0 Å². The highest BCUT2D eigenvalue weighted by Gasteiger charge is 2.40. The van der Waals surface area contributed by atoms with Gasteiger partial charge in [-0.2, -0.15) is 4.98 Å². The van der Waals surface area contributed by atoms with Crippen molar-refractivity contribution in [2.24, 2.45) is 5.92 Å². The van der Waals surface area contributed by atoms with E-state index in [1.54, 1.807) is 0 Å². The maximum atomic E-state index is 5.48. The van der Waals surface area contributed by atoms with Gasteiger partial charge in [0, 0.05) is 31.6 Å². The quantitative estimate of drug-likeness (QED) is 0.923. The van der Waals surface area contributed by atoms with Gasteiger partial charge < -0.3 is 9.84 Å². The van der Waals surface area contributed by atoms with Crippen LogP contribution in [0.2, 0.25) is 0 Å². The van der Waals surface area contributed by atoms with Gasteiger partial charge in [-0.3, -0.25) is 4.90 Å². The summed E-state index contributed by atoms with van der Waals surface area (Å²) in [5.74, 6) is 2.21. The Hall–Kier alpha value is -0.940. The number of aromatic nitrogens is 2. The zero-order valence-electron chi connectivity index (χ0n) is 13.4. The molecule has 0 radical (unpaired) electrons. The van der Waals surface area contributed by atoms with Gasteiger partial charge in [-0.05, 0) is 18.8 Å². The molecule has 1 aliphatic carbocycles. The zero-order valence-corrected chi connectivity index (χ0v) is 13.4. The smallest absolute Gasteiger partial charge is 0.240 e. The highest BCUT2D eigenvalue weighted by atomic mass is 16.5. The monoisotopic (exact) mass is 292 g/mol. The molecule has 1 aliphatic heterocycles. The lowest BCUT2D eigenvalue weighted by molar-refractivity contribution is 0.0135. The minimum Gasteiger partial charge on any atom is -0.338 e. The van der Waals surface area contributed by atoms with Crippen molar-refractivity contribution in [3.05, 3.63) is 11.7 Å². The topological polar surface area (TPSA) is 54.2 Å². The van der Waals surface area contributed by atoms with Crippen molar-refractivity contribution in [1.82, 2.24) is 20.4 Å². The first kappa shape index (κ1) is 15.0. The van der Waals surface area contributed by atoms with Crippen LogP contribution in [-0.4, -0.2) is 40.2 Å². The maximum Gasteiger partial charge on any atom is 0.240 e. The molecule has 1 saturated carbocycles. The Morgan fingerprint density at radius 3 is 2.86 bits per heavy atom. The normalized spacial score (nSPS) is 23.0. The van der Waals surface area contributed by atoms with Crippen LogP contribution in [0.15, 0.2) is 4.52 Å². The number of hydrogen-bond acceptors (Lipinski definition) is 5. The first-order valence-corrected chi connectivity index (χ1v) is 8.45. The Balaban J connectivity index is 1.68. The Morgan fingerprint density at radius 1 is 1.29 bits per heavy atom. The van der Waals surface area contributed by atoms with Gasteiger partial charge in [0.1, 0.15) is 0 Å². The van der Waals surface area contributed by atoms with Crippen molar-refractivity contribution < 1.29 is 4.52 Å².